The van der Waals surface area contributed by atoms with Gasteiger partial charge in [0.2, 0.25) is 0 Å². The zero-order valence-corrected chi connectivity index (χ0v) is 12.8. The van der Waals surface area contributed by atoms with Crippen LogP contribution in [-0.4, -0.2) is 51.5 Å². The van der Waals surface area contributed by atoms with E-state index in [9.17, 15) is 0 Å². The van der Waals surface area contributed by atoms with Crippen LogP contribution in [0.4, 0.5) is 0 Å². The van der Waals surface area contributed by atoms with Crippen molar-refractivity contribution in [2.75, 3.05) is 26.2 Å². The summed E-state index contributed by atoms with van der Waals surface area (Å²) in [4.78, 5) is 13.5. The molecule has 21 heavy (non-hydrogen) atoms. The van der Waals surface area contributed by atoms with E-state index in [4.69, 9.17) is 8.83 Å². The maximum atomic E-state index is 5.15. The summed E-state index contributed by atoms with van der Waals surface area (Å²) in [5.41, 5.74) is 1.98. The Kier molecular flexibility index (Phi) is 3.82. The first-order chi connectivity index (χ1) is 10.1. The van der Waals surface area contributed by atoms with Crippen LogP contribution in [0.25, 0.3) is 0 Å². The van der Waals surface area contributed by atoms with Crippen LogP contribution in [0, 0.1) is 0 Å². The maximum absolute atomic E-state index is 5.15. The van der Waals surface area contributed by atoms with Gasteiger partial charge in [0.25, 0.3) is 0 Å². The Hall–Kier alpha value is -1.66. The highest BCUT2D eigenvalue weighted by Gasteiger charge is 2.32. The zero-order chi connectivity index (χ0) is 14.9. The number of hydrogen-bond acceptors (Lipinski definition) is 6. The lowest BCUT2D eigenvalue weighted by Gasteiger charge is -2.43. The minimum atomic E-state index is 0.00428. The molecule has 0 unspecified atom stereocenters. The fourth-order valence-corrected chi connectivity index (χ4v) is 2.89. The zero-order valence-electron chi connectivity index (χ0n) is 12.8. The molecular formula is C15H22N4O2. The van der Waals surface area contributed by atoms with Gasteiger partial charge in [0.15, 0.2) is 12.8 Å². The van der Waals surface area contributed by atoms with Crippen molar-refractivity contribution in [2.45, 2.75) is 32.4 Å². The van der Waals surface area contributed by atoms with Crippen molar-refractivity contribution in [3.63, 3.8) is 0 Å². The number of oxazole rings is 2. The monoisotopic (exact) mass is 290 g/mol. The van der Waals surface area contributed by atoms with Crippen LogP contribution in [0.1, 0.15) is 38.2 Å². The summed E-state index contributed by atoms with van der Waals surface area (Å²) >= 11 is 0. The highest BCUT2D eigenvalue weighted by atomic mass is 16.3. The molecule has 0 amide bonds. The summed E-state index contributed by atoms with van der Waals surface area (Å²) < 4.78 is 10.3. The van der Waals surface area contributed by atoms with E-state index in [0.29, 0.717) is 0 Å². The van der Waals surface area contributed by atoms with Gasteiger partial charge in [-0.2, -0.15) is 0 Å². The van der Waals surface area contributed by atoms with E-state index in [1.807, 2.05) is 0 Å². The molecule has 6 heteroatoms. The molecule has 0 radical (unpaired) electrons. The van der Waals surface area contributed by atoms with Crippen LogP contribution < -0.4 is 0 Å². The molecule has 1 aliphatic rings. The van der Waals surface area contributed by atoms with Gasteiger partial charge in [-0.05, 0) is 20.8 Å². The van der Waals surface area contributed by atoms with Gasteiger partial charge in [-0.25, -0.2) is 9.97 Å². The first kappa shape index (κ1) is 14.3. The van der Waals surface area contributed by atoms with Crippen molar-refractivity contribution in [2.24, 2.45) is 0 Å². The smallest absolute Gasteiger partial charge is 0.180 e. The molecular weight excluding hydrogens is 268 g/mol. The van der Waals surface area contributed by atoms with Gasteiger partial charge < -0.3 is 8.83 Å². The molecule has 0 spiro atoms. The van der Waals surface area contributed by atoms with Crippen LogP contribution in [0.3, 0.4) is 0 Å². The number of rotatable bonds is 3. The molecule has 1 fully saturated rings. The van der Waals surface area contributed by atoms with E-state index >= 15 is 0 Å². The first-order valence-electron chi connectivity index (χ1n) is 7.31. The predicted molar refractivity (Wildman–Crippen MR) is 77.7 cm³/mol. The van der Waals surface area contributed by atoms with Crippen molar-refractivity contribution in [3.05, 3.63) is 36.7 Å². The lowest BCUT2D eigenvalue weighted by atomic mass is 10.0. The summed E-state index contributed by atoms with van der Waals surface area (Å²) in [5, 5.41) is 0. The summed E-state index contributed by atoms with van der Waals surface area (Å²) in [6, 6.07) is 0.00428. The van der Waals surface area contributed by atoms with E-state index in [0.717, 1.165) is 37.6 Å². The van der Waals surface area contributed by atoms with Crippen LogP contribution in [0.2, 0.25) is 0 Å². The lowest BCUT2D eigenvalue weighted by molar-refractivity contribution is 0.0479. The number of nitrogens with zero attached hydrogens (tertiary/aromatic N) is 4. The second-order valence-corrected chi connectivity index (χ2v) is 6.42. The molecule has 2 aromatic rings. The highest BCUT2D eigenvalue weighted by Crippen LogP contribution is 2.28. The molecule has 0 aromatic carbocycles. The Morgan fingerprint density at radius 3 is 1.86 bits per heavy atom. The van der Waals surface area contributed by atoms with E-state index < -0.39 is 0 Å². The first-order valence-corrected chi connectivity index (χ1v) is 7.31. The molecule has 2 aromatic heterocycles. The maximum Gasteiger partial charge on any atom is 0.180 e. The molecule has 1 aliphatic heterocycles. The second kappa shape index (κ2) is 5.61. The summed E-state index contributed by atoms with van der Waals surface area (Å²) in [5.74, 6) is 0. The van der Waals surface area contributed by atoms with E-state index in [2.05, 4.69) is 40.5 Å². The summed E-state index contributed by atoms with van der Waals surface area (Å²) in [6.07, 6.45) is 6.31. The van der Waals surface area contributed by atoms with E-state index in [1.165, 1.54) is 12.8 Å². The lowest BCUT2D eigenvalue weighted by Crippen LogP contribution is -2.54. The summed E-state index contributed by atoms with van der Waals surface area (Å²) in [7, 11) is 0. The van der Waals surface area contributed by atoms with Gasteiger partial charge in [0.1, 0.15) is 30.0 Å². The normalized spacial score (nSPS) is 18.5. The molecule has 0 N–H and O–H groups in total. The third-order valence-corrected chi connectivity index (χ3v) is 4.09. The highest BCUT2D eigenvalue weighted by molar-refractivity contribution is 5.16. The van der Waals surface area contributed by atoms with Crippen molar-refractivity contribution in [1.29, 1.82) is 0 Å². The van der Waals surface area contributed by atoms with Gasteiger partial charge in [0, 0.05) is 31.7 Å². The average Bonchev–Trinajstić information content (AvgIpc) is 3.12. The third kappa shape index (κ3) is 3.01. The molecule has 1 saturated heterocycles. The van der Waals surface area contributed by atoms with Crippen LogP contribution in [0.5, 0.6) is 0 Å². The predicted octanol–water partition coefficient (Wildman–Crippen LogP) is 2.17. The molecule has 6 nitrogen and oxygen atoms in total. The van der Waals surface area contributed by atoms with E-state index in [1.54, 1.807) is 12.5 Å². The Morgan fingerprint density at radius 2 is 1.48 bits per heavy atom. The summed E-state index contributed by atoms with van der Waals surface area (Å²) in [6.45, 7) is 10.8. The number of aromatic nitrogens is 2. The van der Waals surface area contributed by atoms with Crippen molar-refractivity contribution in [3.8, 4) is 0 Å². The fraction of sp³-hybridized carbons (Fsp3) is 0.600. The van der Waals surface area contributed by atoms with E-state index in [-0.39, 0.29) is 11.6 Å². The molecule has 0 bridgehead atoms. The quantitative estimate of drug-likeness (QED) is 0.863. The molecule has 3 rings (SSSR count). The number of hydrogen-bond donors (Lipinski definition) is 0. The Labute approximate surface area is 124 Å². The minimum Gasteiger partial charge on any atom is -0.451 e. The average molecular weight is 290 g/mol. The van der Waals surface area contributed by atoms with Crippen LogP contribution >= 0.6 is 0 Å². The molecule has 0 aliphatic carbocycles. The van der Waals surface area contributed by atoms with Crippen molar-refractivity contribution < 1.29 is 8.83 Å². The Bertz CT molecular complexity index is 502. The molecule has 0 saturated carbocycles. The standard InChI is InChI=1S/C15H22N4O2/c1-15(2,3)19-6-4-18(5-7-19)14(12-8-20-10-16-12)13-9-21-11-17-13/h8-11,14H,4-7H2,1-3H3. The van der Waals surface area contributed by atoms with Gasteiger partial charge >= 0.3 is 0 Å². The van der Waals surface area contributed by atoms with Gasteiger partial charge in [-0.3, -0.25) is 9.80 Å². The van der Waals surface area contributed by atoms with Crippen molar-refractivity contribution >= 4 is 0 Å². The number of piperazine rings is 1. The van der Waals surface area contributed by atoms with Gasteiger partial charge in [0.05, 0.1) is 0 Å². The SMILES string of the molecule is CC(C)(C)N1CCN(C(c2cocn2)c2cocn2)CC1. The molecule has 3 heterocycles. The Balaban J connectivity index is 1.77. The van der Waals surface area contributed by atoms with Crippen LogP contribution in [0.15, 0.2) is 34.1 Å². The van der Waals surface area contributed by atoms with Crippen molar-refractivity contribution in [1.82, 2.24) is 19.8 Å². The van der Waals surface area contributed by atoms with Gasteiger partial charge in [-0.1, -0.05) is 0 Å². The molecule has 114 valence electrons. The largest absolute Gasteiger partial charge is 0.451 e. The molecule has 0 atom stereocenters. The minimum absolute atomic E-state index is 0.00428. The fourth-order valence-electron chi connectivity index (χ4n) is 2.89. The van der Waals surface area contributed by atoms with Crippen LogP contribution in [-0.2, 0) is 0 Å². The second-order valence-electron chi connectivity index (χ2n) is 6.42. The van der Waals surface area contributed by atoms with Gasteiger partial charge in [-0.15, -0.1) is 0 Å². The third-order valence-electron chi connectivity index (χ3n) is 4.09. The topological polar surface area (TPSA) is 58.5 Å². The Morgan fingerprint density at radius 1 is 0.952 bits per heavy atom.